The van der Waals surface area contributed by atoms with E-state index in [0.717, 1.165) is 0 Å². The molecule has 16 heavy (non-hydrogen) atoms. The number of piperazine rings is 1. The Bertz CT molecular complexity index is 419. The average Bonchev–Trinajstić information content (AvgIpc) is 2.71. The highest BCUT2D eigenvalue weighted by atomic mass is 35.5. The molecule has 0 aliphatic carbocycles. The van der Waals surface area contributed by atoms with Crippen molar-refractivity contribution in [1.82, 2.24) is 19.6 Å². The number of sulfonamides is 1. The molecule has 1 aliphatic heterocycles. The standard InChI is InChI=1S/C8H14N4O2S.ClH/c1-7-4-9-2-3-12(7)15(13,14)8-5-10-6-11-8;/h5-7,9H,2-4H2,1H3,(H,10,11);1H/t7-;/m0./s1. The maximum Gasteiger partial charge on any atom is 0.260 e. The van der Waals surface area contributed by atoms with Crippen molar-refractivity contribution in [3.05, 3.63) is 12.5 Å². The van der Waals surface area contributed by atoms with Crippen LogP contribution in [-0.2, 0) is 10.0 Å². The van der Waals surface area contributed by atoms with Gasteiger partial charge in [-0.05, 0) is 6.92 Å². The smallest absolute Gasteiger partial charge is 0.260 e. The van der Waals surface area contributed by atoms with Gasteiger partial charge >= 0.3 is 0 Å². The van der Waals surface area contributed by atoms with Crippen LogP contribution < -0.4 is 5.32 Å². The van der Waals surface area contributed by atoms with E-state index in [1.54, 1.807) is 0 Å². The van der Waals surface area contributed by atoms with Crippen LogP contribution in [-0.4, -0.2) is 48.4 Å². The second-order valence-electron chi connectivity index (χ2n) is 3.58. The van der Waals surface area contributed by atoms with E-state index < -0.39 is 10.0 Å². The molecule has 1 fully saturated rings. The molecule has 0 saturated carbocycles. The number of nitrogens with one attached hydrogen (secondary N) is 2. The maximum absolute atomic E-state index is 12.1. The third-order valence-corrected chi connectivity index (χ3v) is 4.44. The summed E-state index contributed by atoms with van der Waals surface area (Å²) in [6, 6.07) is -0.0213. The number of hydrogen-bond acceptors (Lipinski definition) is 4. The highest BCUT2D eigenvalue weighted by Gasteiger charge is 2.31. The number of hydrogen-bond donors (Lipinski definition) is 2. The second kappa shape index (κ2) is 5.13. The number of aromatic nitrogens is 2. The van der Waals surface area contributed by atoms with E-state index in [1.807, 2.05) is 6.92 Å². The monoisotopic (exact) mass is 266 g/mol. The minimum Gasteiger partial charge on any atom is -0.335 e. The van der Waals surface area contributed by atoms with E-state index in [1.165, 1.54) is 16.8 Å². The summed E-state index contributed by atoms with van der Waals surface area (Å²) in [6.45, 7) is 3.77. The molecule has 0 spiro atoms. The molecule has 2 heterocycles. The van der Waals surface area contributed by atoms with Crippen molar-refractivity contribution in [3.63, 3.8) is 0 Å². The van der Waals surface area contributed by atoms with Gasteiger partial charge in [-0.15, -0.1) is 12.4 Å². The van der Waals surface area contributed by atoms with Gasteiger partial charge in [-0.1, -0.05) is 0 Å². The summed E-state index contributed by atoms with van der Waals surface area (Å²) < 4.78 is 25.7. The molecule has 1 aromatic rings. The Kier molecular flexibility index (Phi) is 4.31. The van der Waals surface area contributed by atoms with Crippen molar-refractivity contribution in [1.29, 1.82) is 0 Å². The molecular formula is C8H15ClN4O2S. The van der Waals surface area contributed by atoms with Crippen molar-refractivity contribution < 1.29 is 8.42 Å². The van der Waals surface area contributed by atoms with Gasteiger partial charge in [0.25, 0.3) is 10.0 Å². The number of H-pyrrole nitrogens is 1. The van der Waals surface area contributed by atoms with Gasteiger partial charge in [-0.25, -0.2) is 13.4 Å². The third kappa shape index (κ3) is 2.37. The van der Waals surface area contributed by atoms with Crippen LogP contribution in [0.1, 0.15) is 6.92 Å². The summed E-state index contributed by atoms with van der Waals surface area (Å²) in [4.78, 5) is 6.37. The van der Waals surface area contributed by atoms with Gasteiger partial charge in [0, 0.05) is 25.7 Å². The van der Waals surface area contributed by atoms with Crippen molar-refractivity contribution in [2.45, 2.75) is 18.0 Å². The van der Waals surface area contributed by atoms with Gasteiger partial charge in [0.15, 0.2) is 5.03 Å². The molecular weight excluding hydrogens is 252 g/mol. The van der Waals surface area contributed by atoms with Gasteiger partial charge < -0.3 is 10.3 Å². The molecule has 2 rings (SSSR count). The van der Waals surface area contributed by atoms with Crippen molar-refractivity contribution in [3.8, 4) is 0 Å². The van der Waals surface area contributed by atoms with Gasteiger partial charge in [-0.2, -0.15) is 4.31 Å². The molecule has 1 atom stereocenters. The van der Waals surface area contributed by atoms with Crippen molar-refractivity contribution >= 4 is 22.4 Å². The zero-order valence-corrected chi connectivity index (χ0v) is 10.5. The Morgan fingerprint density at radius 3 is 2.88 bits per heavy atom. The van der Waals surface area contributed by atoms with E-state index in [2.05, 4.69) is 15.3 Å². The number of rotatable bonds is 2. The Morgan fingerprint density at radius 1 is 1.56 bits per heavy atom. The maximum atomic E-state index is 12.1. The van der Waals surface area contributed by atoms with E-state index in [9.17, 15) is 8.42 Å². The minimum atomic E-state index is -3.39. The molecule has 2 N–H and O–H groups in total. The van der Waals surface area contributed by atoms with E-state index in [0.29, 0.717) is 19.6 Å². The number of imidazole rings is 1. The summed E-state index contributed by atoms with van der Waals surface area (Å²) in [5, 5.41) is 3.31. The van der Waals surface area contributed by atoms with Gasteiger partial charge in [0.2, 0.25) is 0 Å². The molecule has 1 aromatic heterocycles. The van der Waals surface area contributed by atoms with Crippen LogP contribution >= 0.6 is 12.4 Å². The van der Waals surface area contributed by atoms with Crippen LogP contribution in [0.25, 0.3) is 0 Å². The van der Waals surface area contributed by atoms with Crippen molar-refractivity contribution in [2.75, 3.05) is 19.6 Å². The molecule has 0 radical (unpaired) electrons. The molecule has 8 heteroatoms. The van der Waals surface area contributed by atoms with E-state index in [4.69, 9.17) is 0 Å². The Labute approximate surface area is 101 Å². The molecule has 0 unspecified atom stereocenters. The first-order valence-electron chi connectivity index (χ1n) is 4.83. The highest BCUT2D eigenvalue weighted by Crippen LogP contribution is 2.16. The van der Waals surface area contributed by atoms with Crippen LogP contribution in [0, 0.1) is 0 Å². The largest absolute Gasteiger partial charge is 0.335 e. The zero-order valence-electron chi connectivity index (χ0n) is 8.88. The third-order valence-electron chi connectivity index (χ3n) is 2.50. The molecule has 1 saturated heterocycles. The highest BCUT2D eigenvalue weighted by molar-refractivity contribution is 7.89. The van der Waals surface area contributed by atoms with Gasteiger partial charge in [0.1, 0.15) is 0 Å². The van der Waals surface area contributed by atoms with Gasteiger partial charge in [0.05, 0.1) is 12.5 Å². The Morgan fingerprint density at radius 2 is 2.31 bits per heavy atom. The van der Waals surface area contributed by atoms with E-state index >= 15 is 0 Å². The number of aromatic amines is 1. The first-order valence-corrected chi connectivity index (χ1v) is 6.27. The topological polar surface area (TPSA) is 78.1 Å². The molecule has 0 amide bonds. The minimum absolute atomic E-state index is 0. The second-order valence-corrected chi connectivity index (χ2v) is 5.44. The molecule has 0 aromatic carbocycles. The number of halogens is 1. The summed E-state index contributed by atoms with van der Waals surface area (Å²) in [7, 11) is -3.39. The predicted molar refractivity (Wildman–Crippen MR) is 62.1 cm³/mol. The summed E-state index contributed by atoms with van der Waals surface area (Å²) in [5.74, 6) is 0. The Balaban J connectivity index is 0.00000128. The van der Waals surface area contributed by atoms with Crippen LogP contribution in [0.2, 0.25) is 0 Å². The Hall–Kier alpha value is -0.630. The van der Waals surface area contributed by atoms with Crippen LogP contribution in [0.5, 0.6) is 0 Å². The lowest BCUT2D eigenvalue weighted by Crippen LogP contribution is -2.52. The fraction of sp³-hybridized carbons (Fsp3) is 0.625. The fourth-order valence-electron chi connectivity index (χ4n) is 1.69. The van der Waals surface area contributed by atoms with E-state index in [-0.39, 0.29) is 23.5 Å². The summed E-state index contributed by atoms with van der Waals surface area (Å²) in [6.07, 6.45) is 2.71. The fourth-order valence-corrected chi connectivity index (χ4v) is 3.22. The summed E-state index contributed by atoms with van der Waals surface area (Å²) in [5.41, 5.74) is 0. The first-order chi connectivity index (χ1) is 7.12. The molecule has 6 nitrogen and oxygen atoms in total. The first kappa shape index (κ1) is 13.4. The van der Waals surface area contributed by atoms with Crippen LogP contribution in [0.4, 0.5) is 0 Å². The lowest BCUT2D eigenvalue weighted by Gasteiger charge is -2.32. The lowest BCUT2D eigenvalue weighted by molar-refractivity contribution is 0.283. The summed E-state index contributed by atoms with van der Waals surface area (Å²) >= 11 is 0. The molecule has 0 bridgehead atoms. The molecule has 1 aliphatic rings. The van der Waals surface area contributed by atoms with Crippen LogP contribution in [0.15, 0.2) is 17.6 Å². The molecule has 92 valence electrons. The average molecular weight is 267 g/mol. The number of nitrogens with zero attached hydrogens (tertiary/aromatic N) is 2. The van der Waals surface area contributed by atoms with Gasteiger partial charge in [-0.3, -0.25) is 0 Å². The lowest BCUT2D eigenvalue weighted by atomic mass is 10.3. The predicted octanol–water partition coefficient (Wildman–Crippen LogP) is -0.186. The zero-order chi connectivity index (χ0) is 10.9. The SMILES string of the molecule is C[C@H]1CNCCN1S(=O)(=O)c1cnc[nH]1.Cl. The van der Waals surface area contributed by atoms with Crippen molar-refractivity contribution in [2.24, 2.45) is 0 Å². The van der Waals surface area contributed by atoms with Crippen LogP contribution in [0.3, 0.4) is 0 Å². The quantitative estimate of drug-likeness (QED) is 0.778. The normalized spacial score (nSPS) is 22.7.